The first-order valence-electron chi connectivity index (χ1n) is 5.28. The average Bonchev–Trinajstić information content (AvgIpc) is 2.21. The lowest BCUT2D eigenvalue weighted by Crippen LogP contribution is -2.02. The van der Waals surface area contributed by atoms with Gasteiger partial charge >= 0.3 is 0 Å². The summed E-state index contributed by atoms with van der Waals surface area (Å²) in [5.41, 5.74) is 0. The number of ether oxygens (including phenoxy) is 2. The molecule has 0 aromatic rings. The first kappa shape index (κ1) is 14.1. The molecule has 0 aliphatic heterocycles. The molecule has 0 aliphatic rings. The normalized spacial score (nSPS) is 11.3. The SMILES string of the molecule is CCCCOCOCC/C=C\CCBr. The monoisotopic (exact) mass is 264 g/mol. The molecule has 0 fully saturated rings. The Morgan fingerprint density at radius 1 is 1.07 bits per heavy atom. The van der Waals surface area contributed by atoms with Crippen LogP contribution in [0.4, 0.5) is 0 Å². The van der Waals surface area contributed by atoms with Gasteiger partial charge in [-0.15, -0.1) is 0 Å². The molecular weight excluding hydrogens is 244 g/mol. The molecule has 84 valence electrons. The van der Waals surface area contributed by atoms with Crippen LogP contribution in [0.15, 0.2) is 12.2 Å². The Morgan fingerprint density at radius 3 is 2.50 bits per heavy atom. The van der Waals surface area contributed by atoms with E-state index in [9.17, 15) is 0 Å². The van der Waals surface area contributed by atoms with Crippen LogP contribution in [0, 0.1) is 0 Å². The van der Waals surface area contributed by atoms with Gasteiger partial charge in [-0.1, -0.05) is 41.4 Å². The number of alkyl halides is 1. The smallest absolute Gasteiger partial charge is 0.146 e. The van der Waals surface area contributed by atoms with Crippen LogP contribution in [0.5, 0.6) is 0 Å². The van der Waals surface area contributed by atoms with Crippen molar-refractivity contribution in [2.24, 2.45) is 0 Å². The number of allylic oxidation sites excluding steroid dienone is 1. The Morgan fingerprint density at radius 2 is 1.79 bits per heavy atom. The summed E-state index contributed by atoms with van der Waals surface area (Å²) in [6, 6.07) is 0. The second-order valence-electron chi connectivity index (χ2n) is 3.03. The number of unbranched alkanes of at least 4 members (excludes halogenated alkanes) is 1. The maximum atomic E-state index is 5.28. The van der Waals surface area contributed by atoms with Crippen LogP contribution >= 0.6 is 15.9 Å². The van der Waals surface area contributed by atoms with Gasteiger partial charge in [0.05, 0.1) is 6.61 Å². The highest BCUT2D eigenvalue weighted by Crippen LogP contribution is 1.93. The summed E-state index contributed by atoms with van der Waals surface area (Å²) in [6.07, 6.45) is 8.67. The van der Waals surface area contributed by atoms with Gasteiger partial charge in [0.2, 0.25) is 0 Å². The maximum Gasteiger partial charge on any atom is 0.146 e. The number of hydrogen-bond acceptors (Lipinski definition) is 2. The largest absolute Gasteiger partial charge is 0.355 e. The fourth-order valence-corrected chi connectivity index (χ4v) is 1.14. The molecule has 0 aliphatic carbocycles. The van der Waals surface area contributed by atoms with E-state index in [0.717, 1.165) is 37.8 Å². The van der Waals surface area contributed by atoms with E-state index in [1.165, 1.54) is 6.42 Å². The van der Waals surface area contributed by atoms with E-state index in [2.05, 4.69) is 35.0 Å². The van der Waals surface area contributed by atoms with Gasteiger partial charge in [-0.3, -0.25) is 0 Å². The number of hydrogen-bond donors (Lipinski definition) is 0. The van der Waals surface area contributed by atoms with Crippen molar-refractivity contribution in [3.8, 4) is 0 Å². The summed E-state index contributed by atoms with van der Waals surface area (Å²) >= 11 is 3.36. The summed E-state index contributed by atoms with van der Waals surface area (Å²) in [7, 11) is 0. The van der Waals surface area contributed by atoms with Crippen molar-refractivity contribution in [1.82, 2.24) is 0 Å². The summed E-state index contributed by atoms with van der Waals surface area (Å²) < 4.78 is 10.5. The Hall–Kier alpha value is 0.140. The van der Waals surface area contributed by atoms with Crippen molar-refractivity contribution in [1.29, 1.82) is 0 Å². The van der Waals surface area contributed by atoms with Crippen LogP contribution in [0.2, 0.25) is 0 Å². The van der Waals surface area contributed by atoms with Crippen LogP contribution in [0.1, 0.15) is 32.6 Å². The van der Waals surface area contributed by atoms with Crippen molar-refractivity contribution >= 4 is 15.9 Å². The molecule has 2 nitrogen and oxygen atoms in total. The third kappa shape index (κ3) is 12.1. The second-order valence-corrected chi connectivity index (χ2v) is 3.82. The lowest BCUT2D eigenvalue weighted by atomic mass is 10.3. The highest BCUT2D eigenvalue weighted by Gasteiger charge is 1.87. The van der Waals surface area contributed by atoms with Gasteiger partial charge in [-0.05, 0) is 19.3 Å². The van der Waals surface area contributed by atoms with Gasteiger partial charge in [0.1, 0.15) is 6.79 Å². The third-order valence-electron chi connectivity index (χ3n) is 1.68. The van der Waals surface area contributed by atoms with Gasteiger partial charge in [-0.25, -0.2) is 0 Å². The second kappa shape index (κ2) is 13.1. The quantitative estimate of drug-likeness (QED) is 0.260. The number of halogens is 1. The molecular formula is C11H21BrO2. The lowest BCUT2D eigenvalue weighted by Gasteiger charge is -2.03. The van der Waals surface area contributed by atoms with Crippen molar-refractivity contribution in [2.75, 3.05) is 25.3 Å². The fraction of sp³-hybridized carbons (Fsp3) is 0.818. The van der Waals surface area contributed by atoms with Crippen molar-refractivity contribution < 1.29 is 9.47 Å². The molecule has 0 N–H and O–H groups in total. The Kier molecular flexibility index (Phi) is 13.3. The molecule has 0 amide bonds. The minimum Gasteiger partial charge on any atom is -0.355 e. The summed E-state index contributed by atoms with van der Waals surface area (Å²) in [5, 5.41) is 1.03. The predicted octanol–water partition coefficient (Wildman–Crippen LogP) is 3.51. The van der Waals surface area contributed by atoms with E-state index in [1.807, 2.05) is 0 Å². The fourth-order valence-electron chi connectivity index (χ4n) is 0.873. The van der Waals surface area contributed by atoms with Gasteiger partial charge in [-0.2, -0.15) is 0 Å². The van der Waals surface area contributed by atoms with Crippen molar-refractivity contribution in [2.45, 2.75) is 32.6 Å². The zero-order valence-electron chi connectivity index (χ0n) is 9.01. The first-order valence-corrected chi connectivity index (χ1v) is 6.40. The van der Waals surface area contributed by atoms with E-state index in [0.29, 0.717) is 6.79 Å². The van der Waals surface area contributed by atoms with Gasteiger partial charge < -0.3 is 9.47 Å². The van der Waals surface area contributed by atoms with Crippen LogP contribution in [0.25, 0.3) is 0 Å². The number of rotatable bonds is 10. The molecule has 0 atom stereocenters. The molecule has 0 rings (SSSR count). The summed E-state index contributed by atoms with van der Waals surface area (Å²) in [6.45, 7) is 4.16. The summed E-state index contributed by atoms with van der Waals surface area (Å²) in [5.74, 6) is 0. The van der Waals surface area contributed by atoms with Crippen molar-refractivity contribution in [3.05, 3.63) is 12.2 Å². The van der Waals surface area contributed by atoms with Crippen LogP contribution in [-0.2, 0) is 9.47 Å². The molecule has 0 saturated heterocycles. The third-order valence-corrected chi connectivity index (χ3v) is 2.14. The van der Waals surface area contributed by atoms with E-state index in [4.69, 9.17) is 9.47 Å². The maximum absolute atomic E-state index is 5.28. The molecule has 0 spiro atoms. The summed E-state index contributed by atoms with van der Waals surface area (Å²) in [4.78, 5) is 0. The predicted molar refractivity (Wildman–Crippen MR) is 63.8 cm³/mol. The highest BCUT2D eigenvalue weighted by molar-refractivity contribution is 9.09. The van der Waals surface area contributed by atoms with Gasteiger partial charge in [0.15, 0.2) is 0 Å². The molecule has 0 saturated carbocycles. The highest BCUT2D eigenvalue weighted by atomic mass is 79.9. The topological polar surface area (TPSA) is 18.5 Å². The molecule has 0 radical (unpaired) electrons. The van der Waals surface area contributed by atoms with E-state index < -0.39 is 0 Å². The molecule has 0 aromatic carbocycles. The molecule has 0 heterocycles. The van der Waals surface area contributed by atoms with Crippen LogP contribution in [-0.4, -0.2) is 25.3 Å². The van der Waals surface area contributed by atoms with E-state index in [-0.39, 0.29) is 0 Å². The Balaban J connectivity index is 2.91. The molecule has 3 heteroatoms. The standard InChI is InChI=1S/C11H21BrO2/c1-2-3-9-13-11-14-10-7-5-4-6-8-12/h4-5H,2-3,6-11H2,1H3/b5-4-. The van der Waals surface area contributed by atoms with Gasteiger partial charge in [0.25, 0.3) is 0 Å². The van der Waals surface area contributed by atoms with Gasteiger partial charge in [0, 0.05) is 11.9 Å². The Labute approximate surface area is 95.8 Å². The van der Waals surface area contributed by atoms with E-state index in [1.54, 1.807) is 0 Å². The minimum absolute atomic E-state index is 0.437. The average molecular weight is 265 g/mol. The lowest BCUT2D eigenvalue weighted by molar-refractivity contribution is -0.0528. The van der Waals surface area contributed by atoms with E-state index >= 15 is 0 Å². The minimum atomic E-state index is 0.437. The first-order chi connectivity index (χ1) is 6.91. The Bertz CT molecular complexity index is 126. The molecule has 0 bridgehead atoms. The zero-order valence-corrected chi connectivity index (χ0v) is 10.6. The zero-order chi connectivity index (χ0) is 10.5. The molecule has 0 unspecified atom stereocenters. The molecule has 0 aromatic heterocycles. The molecule has 14 heavy (non-hydrogen) atoms. The van der Waals surface area contributed by atoms with Crippen LogP contribution in [0.3, 0.4) is 0 Å². The van der Waals surface area contributed by atoms with Crippen molar-refractivity contribution in [3.63, 3.8) is 0 Å². The van der Waals surface area contributed by atoms with Crippen LogP contribution < -0.4 is 0 Å².